The van der Waals surface area contributed by atoms with Crippen LogP contribution in [0.3, 0.4) is 0 Å². The van der Waals surface area contributed by atoms with Crippen molar-refractivity contribution in [2.75, 3.05) is 0 Å². The zero-order valence-electron chi connectivity index (χ0n) is 21.3. The van der Waals surface area contributed by atoms with Gasteiger partial charge >= 0.3 is 0 Å². The molecule has 190 valence electrons. The van der Waals surface area contributed by atoms with Crippen LogP contribution in [0.4, 0.5) is 0 Å². The highest BCUT2D eigenvalue weighted by Crippen LogP contribution is 2.42. The second kappa shape index (κ2) is 9.03. The lowest BCUT2D eigenvalue weighted by Gasteiger charge is -2.11. The van der Waals surface area contributed by atoms with Crippen molar-refractivity contribution < 1.29 is 4.42 Å². The van der Waals surface area contributed by atoms with Gasteiger partial charge < -0.3 is 8.98 Å². The molecule has 5 aromatic heterocycles. The Balaban J connectivity index is 1.45. The molecule has 3 aromatic carbocycles. The van der Waals surface area contributed by atoms with Gasteiger partial charge in [-0.3, -0.25) is 0 Å². The van der Waals surface area contributed by atoms with Gasteiger partial charge in [-0.15, -0.1) is 5.10 Å². The molecule has 0 bridgehead atoms. The minimum atomic E-state index is 0.525. The van der Waals surface area contributed by atoms with Gasteiger partial charge in [0.2, 0.25) is 5.82 Å². The summed E-state index contributed by atoms with van der Waals surface area (Å²) in [5.41, 5.74) is 7.42. The van der Waals surface area contributed by atoms with Crippen molar-refractivity contribution in [3.05, 3.63) is 128 Å². The zero-order valence-corrected chi connectivity index (χ0v) is 21.3. The van der Waals surface area contributed by atoms with Crippen molar-refractivity contribution in [2.45, 2.75) is 6.54 Å². The molecule has 0 saturated carbocycles. The fourth-order valence-corrected chi connectivity index (χ4v) is 5.43. The Morgan fingerprint density at radius 1 is 0.675 bits per heavy atom. The van der Waals surface area contributed by atoms with E-state index in [0.717, 1.165) is 61.4 Å². The Bertz CT molecular complexity index is 2130. The van der Waals surface area contributed by atoms with E-state index in [1.54, 1.807) is 17.1 Å². The number of para-hydroxylation sites is 1. The second-order valence-corrected chi connectivity index (χ2v) is 9.66. The summed E-state index contributed by atoms with van der Waals surface area (Å²) in [7, 11) is 0. The maximum Gasteiger partial charge on any atom is 0.200 e. The highest BCUT2D eigenvalue weighted by molar-refractivity contribution is 6.09. The first kappa shape index (κ1) is 22.4. The number of pyridine rings is 1. The van der Waals surface area contributed by atoms with Crippen LogP contribution in [-0.4, -0.2) is 29.1 Å². The predicted molar refractivity (Wildman–Crippen MR) is 156 cm³/mol. The van der Waals surface area contributed by atoms with E-state index in [9.17, 15) is 0 Å². The summed E-state index contributed by atoms with van der Waals surface area (Å²) in [6.07, 6.45) is 3.44. The average molecular weight is 519 g/mol. The quantitative estimate of drug-likeness (QED) is 0.240. The van der Waals surface area contributed by atoms with Crippen LogP contribution in [0, 0.1) is 0 Å². The van der Waals surface area contributed by atoms with Gasteiger partial charge in [-0.1, -0.05) is 84.9 Å². The summed E-state index contributed by atoms with van der Waals surface area (Å²) in [4.78, 5) is 14.8. The lowest BCUT2D eigenvalue weighted by atomic mass is 9.99. The molecule has 0 radical (unpaired) electrons. The van der Waals surface area contributed by atoms with Gasteiger partial charge in [-0.25, -0.2) is 19.5 Å². The minimum absolute atomic E-state index is 0.525. The standard InChI is InChI=1S/C33H22N6O/c1-3-11-23(12-4-1)28-29-32(38(20-25-15-9-19-40-25)30(28)24-13-5-2-6-14-24)34-21-39-33(29)36-31(37-39)27-18-17-22-10-7-8-16-26(22)35-27/h1-19,21H,20H2. The van der Waals surface area contributed by atoms with E-state index in [2.05, 4.69) is 65.2 Å². The Kier molecular flexibility index (Phi) is 5.06. The molecular weight excluding hydrogens is 496 g/mol. The van der Waals surface area contributed by atoms with Crippen LogP contribution in [0.15, 0.2) is 126 Å². The molecule has 0 fully saturated rings. The molecule has 0 N–H and O–H groups in total. The molecule has 7 nitrogen and oxygen atoms in total. The number of aromatic nitrogens is 6. The number of hydrogen-bond acceptors (Lipinski definition) is 5. The summed E-state index contributed by atoms with van der Waals surface area (Å²) >= 11 is 0. The summed E-state index contributed by atoms with van der Waals surface area (Å²) in [5, 5.41) is 6.82. The number of hydrogen-bond donors (Lipinski definition) is 0. The number of fused-ring (bicyclic) bond motifs is 4. The maximum atomic E-state index is 5.79. The molecule has 0 saturated heterocycles. The van der Waals surface area contributed by atoms with Crippen molar-refractivity contribution >= 4 is 27.6 Å². The van der Waals surface area contributed by atoms with Crippen molar-refractivity contribution in [1.29, 1.82) is 0 Å². The third-order valence-electron chi connectivity index (χ3n) is 7.21. The summed E-state index contributed by atoms with van der Waals surface area (Å²) in [5.74, 6) is 1.40. The van der Waals surface area contributed by atoms with Crippen LogP contribution in [0.2, 0.25) is 0 Å². The Morgan fingerprint density at radius 3 is 2.25 bits per heavy atom. The number of nitrogens with zero attached hydrogens (tertiary/aromatic N) is 6. The van der Waals surface area contributed by atoms with Crippen LogP contribution < -0.4 is 0 Å². The first-order valence-electron chi connectivity index (χ1n) is 13.1. The molecule has 7 heteroatoms. The van der Waals surface area contributed by atoms with Crippen molar-refractivity contribution in [1.82, 2.24) is 29.1 Å². The summed E-state index contributed by atoms with van der Waals surface area (Å²) in [6, 6.07) is 36.8. The van der Waals surface area contributed by atoms with Crippen molar-refractivity contribution in [3.63, 3.8) is 0 Å². The molecule has 0 spiro atoms. The van der Waals surface area contributed by atoms with Gasteiger partial charge in [-0.2, -0.15) is 0 Å². The van der Waals surface area contributed by atoms with Crippen LogP contribution in [-0.2, 0) is 6.54 Å². The van der Waals surface area contributed by atoms with Gasteiger partial charge in [0.15, 0.2) is 5.65 Å². The molecule has 40 heavy (non-hydrogen) atoms. The molecular formula is C33H22N6O. The lowest BCUT2D eigenvalue weighted by molar-refractivity contribution is 0.497. The van der Waals surface area contributed by atoms with Crippen LogP contribution in [0.1, 0.15) is 5.76 Å². The van der Waals surface area contributed by atoms with Crippen molar-refractivity contribution in [2.24, 2.45) is 0 Å². The highest BCUT2D eigenvalue weighted by atomic mass is 16.3. The lowest BCUT2D eigenvalue weighted by Crippen LogP contribution is -2.03. The number of benzene rings is 3. The second-order valence-electron chi connectivity index (χ2n) is 9.66. The van der Waals surface area contributed by atoms with E-state index in [-0.39, 0.29) is 0 Å². The van der Waals surface area contributed by atoms with Gasteiger partial charge in [0, 0.05) is 10.9 Å². The van der Waals surface area contributed by atoms with Crippen molar-refractivity contribution in [3.8, 4) is 33.9 Å². The Labute approximate surface area is 229 Å². The molecule has 0 aliphatic rings. The van der Waals surface area contributed by atoms with Gasteiger partial charge in [0.05, 0.1) is 29.4 Å². The smallest absolute Gasteiger partial charge is 0.200 e. The topological polar surface area (TPSA) is 74.0 Å². The monoisotopic (exact) mass is 518 g/mol. The normalized spacial score (nSPS) is 11.6. The molecule has 0 aliphatic heterocycles. The van der Waals surface area contributed by atoms with Crippen LogP contribution in [0.5, 0.6) is 0 Å². The third kappa shape index (κ3) is 3.60. The summed E-state index contributed by atoms with van der Waals surface area (Å²) < 4.78 is 9.76. The van der Waals surface area contributed by atoms with E-state index < -0.39 is 0 Å². The van der Waals surface area contributed by atoms with Crippen LogP contribution in [0.25, 0.3) is 61.5 Å². The average Bonchev–Trinajstić information content (AvgIpc) is 3.76. The molecule has 5 heterocycles. The molecule has 0 unspecified atom stereocenters. The maximum absolute atomic E-state index is 5.79. The van der Waals surface area contributed by atoms with E-state index in [0.29, 0.717) is 12.4 Å². The summed E-state index contributed by atoms with van der Waals surface area (Å²) in [6.45, 7) is 0.525. The Hall–Kier alpha value is -5.56. The molecule has 8 rings (SSSR count). The van der Waals surface area contributed by atoms with Gasteiger partial charge in [0.25, 0.3) is 0 Å². The number of rotatable bonds is 5. The van der Waals surface area contributed by atoms with Gasteiger partial charge in [-0.05, 0) is 35.4 Å². The Morgan fingerprint density at radius 2 is 1.45 bits per heavy atom. The van der Waals surface area contributed by atoms with Crippen LogP contribution >= 0.6 is 0 Å². The molecule has 0 amide bonds. The van der Waals surface area contributed by atoms with E-state index >= 15 is 0 Å². The largest absolute Gasteiger partial charge is 0.467 e. The predicted octanol–water partition coefficient (Wildman–Crippen LogP) is 7.27. The first-order valence-corrected chi connectivity index (χ1v) is 13.1. The third-order valence-corrected chi connectivity index (χ3v) is 7.21. The minimum Gasteiger partial charge on any atom is -0.467 e. The van der Waals surface area contributed by atoms with Gasteiger partial charge in [0.1, 0.15) is 23.4 Å². The fourth-order valence-electron chi connectivity index (χ4n) is 5.43. The van der Waals surface area contributed by atoms with E-state index in [1.807, 2.05) is 48.5 Å². The first-order chi connectivity index (χ1) is 19.8. The fraction of sp³-hybridized carbons (Fsp3) is 0.0303. The highest BCUT2D eigenvalue weighted by Gasteiger charge is 2.25. The zero-order chi connectivity index (χ0) is 26.5. The van der Waals surface area contributed by atoms with E-state index in [4.69, 9.17) is 24.5 Å². The molecule has 0 aliphatic carbocycles. The SMILES string of the molecule is c1ccc(-c2c(-c3ccccc3)n(Cc3ccco3)c3ncn4nc(-c5ccc6ccccc6n5)nc4c23)cc1. The number of furan rings is 1. The van der Waals surface area contributed by atoms with E-state index in [1.165, 1.54) is 0 Å². The molecule has 8 aromatic rings. The molecule has 0 atom stereocenters.